The Labute approximate surface area is 183 Å². The molecule has 0 fully saturated rings. The van der Waals surface area contributed by atoms with E-state index >= 15 is 0 Å². The second-order valence-electron chi connectivity index (χ2n) is 7.42. The molecule has 0 saturated heterocycles. The van der Waals surface area contributed by atoms with Crippen molar-refractivity contribution in [2.75, 3.05) is 25.0 Å². The Hall–Kier alpha value is -3.28. The molecule has 3 aromatic rings. The van der Waals surface area contributed by atoms with E-state index in [-0.39, 0.29) is 30.9 Å². The number of nitrogens with one attached hydrogen (secondary N) is 1. The molecule has 3 aromatic carbocycles. The van der Waals surface area contributed by atoms with Gasteiger partial charge in [-0.15, -0.1) is 0 Å². The summed E-state index contributed by atoms with van der Waals surface area (Å²) < 4.78 is 0. The molecule has 0 aliphatic heterocycles. The average molecular weight is 417 g/mol. The summed E-state index contributed by atoms with van der Waals surface area (Å²) in [6, 6.07) is 26.9. The van der Waals surface area contributed by atoms with E-state index in [9.17, 15) is 14.7 Å². The van der Waals surface area contributed by atoms with Crippen LogP contribution >= 0.6 is 0 Å². The van der Waals surface area contributed by atoms with Crippen LogP contribution < -0.4 is 5.32 Å². The van der Waals surface area contributed by atoms with E-state index in [0.29, 0.717) is 24.2 Å². The molecule has 0 aromatic heterocycles. The van der Waals surface area contributed by atoms with Crippen molar-refractivity contribution >= 4 is 17.4 Å². The molecule has 0 radical (unpaired) electrons. The average Bonchev–Trinajstić information content (AvgIpc) is 2.79. The fraction of sp³-hybridized carbons (Fsp3) is 0.231. The highest BCUT2D eigenvalue weighted by molar-refractivity contribution is 6.04. The van der Waals surface area contributed by atoms with Crippen molar-refractivity contribution in [1.29, 1.82) is 0 Å². The van der Waals surface area contributed by atoms with Gasteiger partial charge in [0.2, 0.25) is 5.91 Å². The summed E-state index contributed by atoms with van der Waals surface area (Å²) in [4.78, 5) is 27.0. The molecule has 0 spiro atoms. The number of anilines is 1. The van der Waals surface area contributed by atoms with Crippen molar-refractivity contribution in [1.82, 2.24) is 4.90 Å². The number of hydrogen-bond acceptors (Lipinski definition) is 4. The number of amides is 1. The minimum atomic E-state index is -0.205. The Bertz CT molecular complexity index is 950. The molecule has 0 heterocycles. The first-order chi connectivity index (χ1) is 15.1. The zero-order chi connectivity index (χ0) is 22.1. The number of carbonyl (C=O) groups excluding carboxylic acids is 2. The third-order valence-electron chi connectivity index (χ3n) is 5.13. The first-order valence-corrected chi connectivity index (χ1v) is 10.4. The predicted octanol–water partition coefficient (Wildman–Crippen LogP) is 4.30. The van der Waals surface area contributed by atoms with Gasteiger partial charge in [-0.05, 0) is 36.6 Å². The number of hydrogen-bond donors (Lipinski definition) is 2. The van der Waals surface area contributed by atoms with Gasteiger partial charge in [0.15, 0.2) is 5.78 Å². The van der Waals surface area contributed by atoms with E-state index in [1.807, 2.05) is 60.7 Å². The summed E-state index contributed by atoms with van der Waals surface area (Å²) >= 11 is 0. The molecule has 160 valence electrons. The molecule has 5 heteroatoms. The molecule has 0 aliphatic carbocycles. The summed E-state index contributed by atoms with van der Waals surface area (Å²) in [5, 5.41) is 12.3. The number of Topliss-reactive ketones (excluding diaryl/α,β-unsaturated/α-hetero) is 1. The van der Waals surface area contributed by atoms with Crippen molar-refractivity contribution in [3.05, 3.63) is 102 Å². The minimum absolute atomic E-state index is 0.0432. The van der Waals surface area contributed by atoms with Gasteiger partial charge in [0, 0.05) is 18.7 Å². The van der Waals surface area contributed by atoms with E-state index in [1.165, 1.54) is 6.92 Å². The fourth-order valence-electron chi connectivity index (χ4n) is 3.73. The van der Waals surface area contributed by atoms with Crippen molar-refractivity contribution in [2.24, 2.45) is 0 Å². The highest BCUT2D eigenvalue weighted by atomic mass is 16.3. The molecule has 2 N–H and O–H groups in total. The van der Waals surface area contributed by atoms with Gasteiger partial charge in [0.05, 0.1) is 18.3 Å². The summed E-state index contributed by atoms with van der Waals surface area (Å²) in [6.45, 7) is 2.20. The van der Waals surface area contributed by atoms with Crippen LogP contribution in [-0.4, -0.2) is 41.4 Å². The van der Waals surface area contributed by atoms with Gasteiger partial charge >= 0.3 is 0 Å². The normalized spacial score (nSPS) is 11.0. The number of benzene rings is 3. The lowest BCUT2D eigenvalue weighted by Crippen LogP contribution is -2.38. The molecule has 0 atom stereocenters. The van der Waals surface area contributed by atoms with Gasteiger partial charge in [-0.1, -0.05) is 72.8 Å². The van der Waals surface area contributed by atoms with Gasteiger partial charge in [-0.25, -0.2) is 0 Å². The molecule has 31 heavy (non-hydrogen) atoms. The number of aliphatic hydroxyl groups excluding tert-OH is 1. The van der Waals surface area contributed by atoms with Gasteiger partial charge in [-0.2, -0.15) is 0 Å². The van der Waals surface area contributed by atoms with Gasteiger partial charge < -0.3 is 10.4 Å². The Morgan fingerprint density at radius 2 is 1.42 bits per heavy atom. The van der Waals surface area contributed by atoms with Gasteiger partial charge in [0.25, 0.3) is 0 Å². The maximum Gasteiger partial charge on any atom is 0.238 e. The van der Waals surface area contributed by atoms with Crippen LogP contribution in [0.1, 0.15) is 40.9 Å². The Morgan fingerprint density at radius 1 is 0.871 bits per heavy atom. The van der Waals surface area contributed by atoms with Crippen LogP contribution in [0.5, 0.6) is 0 Å². The number of carbonyl (C=O) groups is 2. The summed E-state index contributed by atoms with van der Waals surface area (Å²) in [6.07, 6.45) is 0.549. The first-order valence-electron chi connectivity index (χ1n) is 10.4. The van der Waals surface area contributed by atoms with E-state index in [4.69, 9.17) is 0 Å². The monoisotopic (exact) mass is 416 g/mol. The maximum absolute atomic E-state index is 13.0. The van der Waals surface area contributed by atoms with Crippen molar-refractivity contribution in [2.45, 2.75) is 19.4 Å². The largest absolute Gasteiger partial charge is 0.396 e. The van der Waals surface area contributed by atoms with Crippen molar-refractivity contribution in [3.8, 4) is 0 Å². The van der Waals surface area contributed by atoms with Crippen LogP contribution in [-0.2, 0) is 4.79 Å². The number of rotatable bonds is 10. The summed E-state index contributed by atoms with van der Waals surface area (Å²) in [5.41, 5.74) is 3.14. The van der Waals surface area contributed by atoms with E-state index in [1.54, 1.807) is 24.3 Å². The third-order valence-corrected chi connectivity index (χ3v) is 5.13. The van der Waals surface area contributed by atoms with E-state index in [0.717, 1.165) is 11.1 Å². The molecular formula is C26H28N2O3. The number of nitrogens with zero attached hydrogens (tertiary/aromatic N) is 1. The molecular weight excluding hydrogens is 388 g/mol. The second kappa shape index (κ2) is 11.2. The highest BCUT2D eigenvalue weighted by Crippen LogP contribution is 2.29. The summed E-state index contributed by atoms with van der Waals surface area (Å²) in [5.74, 6) is -0.303. The van der Waals surface area contributed by atoms with Gasteiger partial charge in [0.1, 0.15) is 0 Å². The Morgan fingerprint density at radius 3 is 1.97 bits per heavy atom. The SMILES string of the molecule is CC(=O)c1ccccc1NC(=O)CN(CCCO)C(c1ccccc1)c1ccccc1. The van der Waals surface area contributed by atoms with Gasteiger partial charge in [-0.3, -0.25) is 14.5 Å². The standard InChI is InChI=1S/C26H28N2O3/c1-20(30)23-15-8-9-16-24(23)27-25(31)19-28(17-10-18-29)26(21-11-4-2-5-12-21)22-13-6-3-7-14-22/h2-9,11-16,26,29H,10,17-19H2,1H3,(H,27,31). The number of para-hydroxylation sites is 1. The Balaban J connectivity index is 1.89. The van der Waals surface area contributed by atoms with Crippen molar-refractivity contribution < 1.29 is 14.7 Å². The molecule has 1 amide bonds. The molecule has 0 unspecified atom stereocenters. The zero-order valence-corrected chi connectivity index (χ0v) is 17.7. The topological polar surface area (TPSA) is 69.6 Å². The molecule has 3 rings (SSSR count). The predicted molar refractivity (Wildman–Crippen MR) is 123 cm³/mol. The smallest absolute Gasteiger partial charge is 0.238 e. The third kappa shape index (κ3) is 6.10. The van der Waals surface area contributed by atoms with Crippen LogP contribution in [0.2, 0.25) is 0 Å². The van der Waals surface area contributed by atoms with E-state index < -0.39 is 0 Å². The lowest BCUT2D eigenvalue weighted by molar-refractivity contribution is -0.117. The molecule has 0 saturated carbocycles. The zero-order valence-electron chi connectivity index (χ0n) is 17.7. The minimum Gasteiger partial charge on any atom is -0.396 e. The van der Waals surface area contributed by atoms with E-state index in [2.05, 4.69) is 10.2 Å². The van der Waals surface area contributed by atoms with Crippen LogP contribution in [0.4, 0.5) is 5.69 Å². The first kappa shape index (κ1) is 22.4. The fourth-order valence-corrected chi connectivity index (χ4v) is 3.73. The molecule has 0 bridgehead atoms. The molecule has 5 nitrogen and oxygen atoms in total. The van der Waals surface area contributed by atoms with Crippen LogP contribution in [0.25, 0.3) is 0 Å². The molecule has 0 aliphatic rings. The van der Waals surface area contributed by atoms with Crippen LogP contribution in [0, 0.1) is 0 Å². The van der Waals surface area contributed by atoms with Crippen LogP contribution in [0.3, 0.4) is 0 Å². The number of aliphatic hydroxyl groups is 1. The summed E-state index contributed by atoms with van der Waals surface area (Å²) in [7, 11) is 0. The van der Waals surface area contributed by atoms with Crippen LogP contribution in [0.15, 0.2) is 84.9 Å². The second-order valence-corrected chi connectivity index (χ2v) is 7.42. The number of ketones is 1. The maximum atomic E-state index is 13.0. The quantitative estimate of drug-likeness (QED) is 0.484. The highest BCUT2D eigenvalue weighted by Gasteiger charge is 2.24. The van der Waals surface area contributed by atoms with Crippen molar-refractivity contribution in [3.63, 3.8) is 0 Å². The lowest BCUT2D eigenvalue weighted by Gasteiger charge is -2.32. The lowest BCUT2D eigenvalue weighted by atomic mass is 9.96. The Kier molecular flexibility index (Phi) is 8.10.